The summed E-state index contributed by atoms with van der Waals surface area (Å²) < 4.78 is 17.9. The van der Waals surface area contributed by atoms with Gasteiger partial charge in [0, 0.05) is 17.9 Å². The normalized spacial score (nSPS) is 24.2. The Morgan fingerprint density at radius 1 is 1.04 bits per heavy atom. The number of aryl methyl sites for hydroxylation is 2. The molecule has 2 aromatic rings. The molecule has 0 aromatic heterocycles. The summed E-state index contributed by atoms with van der Waals surface area (Å²) in [7, 11) is -2.21. The van der Waals surface area contributed by atoms with E-state index in [1.54, 1.807) is 4.90 Å². The molecule has 48 heavy (non-hydrogen) atoms. The van der Waals surface area contributed by atoms with Crippen LogP contribution < -0.4 is 11.1 Å². The summed E-state index contributed by atoms with van der Waals surface area (Å²) in [5.41, 5.74) is 8.09. The molecular weight excluding hydrogens is 608 g/mol. The van der Waals surface area contributed by atoms with Crippen molar-refractivity contribution in [3.63, 3.8) is 0 Å². The lowest BCUT2D eigenvalue weighted by Crippen LogP contribution is -2.53. The summed E-state index contributed by atoms with van der Waals surface area (Å²) in [5.74, 6) is -1.40. The molecule has 0 aliphatic carbocycles. The smallest absolute Gasteiger partial charge is 0.447 e. The number of ether oxygens (including phenoxy) is 1. The number of nitrogens with one attached hydrogen (secondary N) is 1. The van der Waals surface area contributed by atoms with Crippen molar-refractivity contribution in [1.82, 2.24) is 10.2 Å². The van der Waals surface area contributed by atoms with Crippen LogP contribution in [0.4, 0.5) is 4.79 Å². The lowest BCUT2D eigenvalue weighted by molar-refractivity contribution is -0.133. The standard InChI is InChI=1S/C36H53B2N3O7/c1-8-29-28(27-19-15-26(16-20-27)17-21-30(39)38-47-34(3,4)35(5,6)48-38)23-36(7,41(29)32(42)9-2)24-46-33(43)40-31(37(44)45)22-18-25-13-11-10-12-14-25/h9-16,19-20,28-31,44-45H,2,8,17-18,21-24,39H2,1,3-7H3,(H,40,43)/t28?,29?,30-,31-,36?/m0/s1. The lowest BCUT2D eigenvalue weighted by atomic mass is 9.76. The third-order valence-electron chi connectivity index (χ3n) is 10.4. The topological polar surface area (TPSA) is 144 Å². The number of hydrogen-bond acceptors (Lipinski definition) is 8. The fourth-order valence-electron chi connectivity index (χ4n) is 6.89. The number of nitrogens with two attached hydrogens (primary N) is 1. The van der Waals surface area contributed by atoms with E-state index >= 15 is 0 Å². The molecule has 5 N–H and O–H groups in total. The van der Waals surface area contributed by atoms with Crippen molar-refractivity contribution in [2.75, 3.05) is 6.61 Å². The highest BCUT2D eigenvalue weighted by Crippen LogP contribution is 2.45. The van der Waals surface area contributed by atoms with E-state index in [0.29, 0.717) is 32.1 Å². The molecule has 0 radical (unpaired) electrons. The van der Waals surface area contributed by atoms with E-state index in [0.717, 1.165) is 23.1 Å². The Morgan fingerprint density at radius 3 is 2.19 bits per heavy atom. The van der Waals surface area contributed by atoms with Gasteiger partial charge in [-0.2, -0.15) is 0 Å². The SMILES string of the molecule is C=CC(=O)N1C(CC)C(c2ccc(CC[C@H](N)B3OC(C)(C)C(C)(C)O3)cc2)CC1(C)COC(=O)N[C@@H](CCc1ccccc1)B(O)O. The number of likely N-dealkylation sites (tertiary alicyclic amines) is 1. The summed E-state index contributed by atoms with van der Waals surface area (Å²) in [6.45, 7) is 15.7. The zero-order valence-electron chi connectivity index (χ0n) is 29.4. The number of benzene rings is 2. The van der Waals surface area contributed by atoms with Gasteiger partial charge in [-0.15, -0.1) is 0 Å². The van der Waals surface area contributed by atoms with Crippen LogP contribution in [0.25, 0.3) is 0 Å². The molecular formula is C36H53B2N3O7. The van der Waals surface area contributed by atoms with E-state index in [9.17, 15) is 19.6 Å². The molecule has 2 heterocycles. The van der Waals surface area contributed by atoms with Gasteiger partial charge in [-0.3, -0.25) is 4.79 Å². The predicted molar refractivity (Wildman–Crippen MR) is 189 cm³/mol. The second-order valence-corrected chi connectivity index (χ2v) is 14.5. The Bertz CT molecular complexity index is 1380. The zero-order chi connectivity index (χ0) is 35.3. The third-order valence-corrected chi connectivity index (χ3v) is 10.4. The first-order chi connectivity index (χ1) is 22.6. The Balaban J connectivity index is 1.39. The average molecular weight is 661 g/mol. The number of carbonyl (C=O) groups is 2. The van der Waals surface area contributed by atoms with Crippen LogP contribution in [0, 0.1) is 0 Å². The number of nitrogens with zero attached hydrogens (tertiary/aromatic N) is 1. The van der Waals surface area contributed by atoms with E-state index in [-0.39, 0.29) is 30.4 Å². The number of hydrogen-bond donors (Lipinski definition) is 4. The molecule has 0 saturated carbocycles. The Hall–Kier alpha value is -3.15. The van der Waals surface area contributed by atoms with Crippen LogP contribution in [-0.2, 0) is 31.7 Å². The highest BCUT2D eigenvalue weighted by Gasteiger charge is 2.53. The van der Waals surface area contributed by atoms with Crippen LogP contribution in [-0.4, -0.2) is 82.5 Å². The largest absolute Gasteiger partial charge is 0.475 e. The second kappa shape index (κ2) is 15.6. The Morgan fingerprint density at radius 2 is 1.62 bits per heavy atom. The summed E-state index contributed by atoms with van der Waals surface area (Å²) in [6.07, 6.45) is 4.15. The van der Waals surface area contributed by atoms with Crippen molar-refractivity contribution >= 4 is 26.2 Å². The number of rotatable bonds is 14. The van der Waals surface area contributed by atoms with E-state index in [2.05, 4.69) is 36.2 Å². The monoisotopic (exact) mass is 661 g/mol. The highest BCUT2D eigenvalue weighted by molar-refractivity contribution is 6.47. The zero-order valence-corrected chi connectivity index (χ0v) is 29.4. The van der Waals surface area contributed by atoms with Crippen LogP contribution in [0.5, 0.6) is 0 Å². The average Bonchev–Trinajstić information content (AvgIpc) is 3.48. The maximum Gasteiger partial charge on any atom is 0.475 e. The van der Waals surface area contributed by atoms with Gasteiger partial charge in [-0.05, 0) is 95.9 Å². The molecule has 4 rings (SSSR count). The molecule has 2 saturated heterocycles. The molecule has 3 unspecified atom stereocenters. The van der Waals surface area contributed by atoms with Crippen molar-refractivity contribution in [3.8, 4) is 0 Å². The minimum absolute atomic E-state index is 0.00880. The molecule has 2 amide bonds. The summed E-state index contributed by atoms with van der Waals surface area (Å²) in [4.78, 5) is 28.0. The Labute approximate surface area is 286 Å². The first kappa shape index (κ1) is 37.7. The van der Waals surface area contributed by atoms with Gasteiger partial charge < -0.3 is 40.0 Å². The summed E-state index contributed by atoms with van der Waals surface area (Å²) in [5, 5.41) is 22.4. The van der Waals surface area contributed by atoms with E-state index in [1.165, 1.54) is 6.08 Å². The lowest BCUT2D eigenvalue weighted by Gasteiger charge is -2.37. The molecule has 10 nitrogen and oxygen atoms in total. The van der Waals surface area contributed by atoms with Crippen molar-refractivity contribution in [2.45, 2.75) is 121 Å². The van der Waals surface area contributed by atoms with Crippen molar-refractivity contribution in [3.05, 3.63) is 83.9 Å². The molecule has 260 valence electrons. The fourth-order valence-corrected chi connectivity index (χ4v) is 6.89. The number of alkyl carbamates (subject to hydrolysis) is 1. The predicted octanol–water partition coefficient (Wildman–Crippen LogP) is 4.36. The van der Waals surface area contributed by atoms with Gasteiger partial charge in [0.05, 0.1) is 22.7 Å². The van der Waals surface area contributed by atoms with Crippen LogP contribution in [0.2, 0.25) is 0 Å². The van der Waals surface area contributed by atoms with Crippen molar-refractivity contribution < 1.29 is 33.7 Å². The summed E-state index contributed by atoms with van der Waals surface area (Å²) >= 11 is 0. The molecule has 5 atom stereocenters. The van der Waals surface area contributed by atoms with Crippen LogP contribution in [0.15, 0.2) is 67.3 Å². The van der Waals surface area contributed by atoms with Crippen LogP contribution >= 0.6 is 0 Å². The van der Waals surface area contributed by atoms with Gasteiger partial charge >= 0.3 is 20.3 Å². The number of amides is 2. The molecule has 0 bridgehead atoms. The highest BCUT2D eigenvalue weighted by atomic mass is 16.7. The van der Waals surface area contributed by atoms with Gasteiger partial charge in [0.2, 0.25) is 5.91 Å². The van der Waals surface area contributed by atoms with Gasteiger partial charge in [-0.1, -0.05) is 68.1 Å². The minimum atomic E-state index is -1.75. The maximum absolute atomic E-state index is 13.3. The van der Waals surface area contributed by atoms with Gasteiger partial charge in [-0.25, -0.2) is 4.79 Å². The van der Waals surface area contributed by atoms with Gasteiger partial charge in [0.15, 0.2) is 0 Å². The van der Waals surface area contributed by atoms with Gasteiger partial charge in [0.25, 0.3) is 0 Å². The summed E-state index contributed by atoms with van der Waals surface area (Å²) in [6, 6.07) is 17.9. The quantitative estimate of drug-likeness (QED) is 0.173. The molecule has 2 aliphatic heterocycles. The maximum atomic E-state index is 13.3. The van der Waals surface area contributed by atoms with Crippen LogP contribution in [0.1, 0.15) is 89.8 Å². The third kappa shape index (κ3) is 8.71. The second-order valence-electron chi connectivity index (χ2n) is 14.5. The first-order valence-electron chi connectivity index (χ1n) is 17.1. The molecule has 2 aliphatic rings. The van der Waals surface area contributed by atoms with Gasteiger partial charge in [0.1, 0.15) is 6.61 Å². The molecule has 2 aromatic carbocycles. The van der Waals surface area contributed by atoms with E-state index in [4.69, 9.17) is 19.8 Å². The first-order valence-corrected chi connectivity index (χ1v) is 17.1. The van der Waals surface area contributed by atoms with Crippen molar-refractivity contribution in [2.24, 2.45) is 5.73 Å². The molecule has 0 spiro atoms. The number of carbonyl (C=O) groups excluding carboxylic acids is 2. The minimum Gasteiger partial charge on any atom is -0.447 e. The van der Waals surface area contributed by atoms with E-state index < -0.39 is 43.0 Å². The van der Waals surface area contributed by atoms with Crippen molar-refractivity contribution in [1.29, 1.82) is 0 Å². The Kier molecular flexibility index (Phi) is 12.2. The molecule has 12 heteroatoms. The fraction of sp³-hybridized carbons (Fsp3) is 0.556. The molecule has 2 fully saturated rings. The van der Waals surface area contributed by atoms with Crippen LogP contribution in [0.3, 0.4) is 0 Å². The van der Waals surface area contributed by atoms with E-state index in [1.807, 2.05) is 71.9 Å².